The van der Waals surface area contributed by atoms with Gasteiger partial charge in [-0.2, -0.15) is 35.2 Å². The third kappa shape index (κ3) is 14.1. The number of rotatable bonds is 10. The summed E-state index contributed by atoms with van der Waals surface area (Å²) in [7, 11) is 0. The van der Waals surface area contributed by atoms with Crippen molar-refractivity contribution in [2.24, 2.45) is 0 Å². The van der Waals surface area contributed by atoms with E-state index in [1.165, 1.54) is 77.9 Å². The average molecular weight is 1170 g/mol. The summed E-state index contributed by atoms with van der Waals surface area (Å²) in [5.74, 6) is 0. The van der Waals surface area contributed by atoms with E-state index in [1.807, 2.05) is 24.7 Å². The van der Waals surface area contributed by atoms with Crippen molar-refractivity contribution in [3.63, 3.8) is 0 Å². The van der Waals surface area contributed by atoms with E-state index in [1.54, 1.807) is 0 Å². The van der Waals surface area contributed by atoms with Crippen LogP contribution < -0.4 is 0 Å². The summed E-state index contributed by atoms with van der Waals surface area (Å²) in [5, 5.41) is 0. The molecule has 0 saturated heterocycles. The SMILES string of the molecule is CCc1ccccc1-c1c[c-]c(-c2cc(C(C)(C)C)ccn2)cc1.CCc1ccccc1-c1c[c-]c(-c2cc(C(C)(C)C)ccn2)cc1.C[CH-]c1ccccc1-c1c[c-]c(-c2cc(C)c(-c3ccccc3)cn2)cc1.[Ir]. The van der Waals surface area contributed by atoms with E-state index in [-0.39, 0.29) is 30.9 Å². The Bertz CT molecular complexity index is 3290. The first kappa shape index (κ1) is 56.2. The van der Waals surface area contributed by atoms with Crippen molar-refractivity contribution in [1.82, 2.24) is 15.0 Å². The minimum atomic E-state index is 0. The van der Waals surface area contributed by atoms with Gasteiger partial charge in [-0.05, 0) is 93.2 Å². The molecular formula is C72H69IrN3-4. The Hall–Kier alpha value is -7.49. The molecule has 0 bridgehead atoms. The third-order valence-electron chi connectivity index (χ3n) is 13.7. The molecule has 3 heterocycles. The molecule has 1 radical (unpaired) electrons. The van der Waals surface area contributed by atoms with Crippen molar-refractivity contribution in [3.05, 3.63) is 265 Å². The first-order valence-corrected chi connectivity index (χ1v) is 26.3. The van der Waals surface area contributed by atoms with Gasteiger partial charge in [-0.3, -0.25) is 0 Å². The molecule has 0 aliphatic rings. The monoisotopic (exact) mass is 1170 g/mol. The van der Waals surface area contributed by atoms with E-state index >= 15 is 0 Å². The third-order valence-corrected chi connectivity index (χ3v) is 13.7. The maximum atomic E-state index is 4.68. The molecule has 10 rings (SSSR count). The largest absolute Gasteiger partial charge is 0.305 e. The molecule has 0 N–H and O–H groups in total. The molecule has 10 aromatic rings. The van der Waals surface area contributed by atoms with E-state index in [2.05, 4.69) is 291 Å². The van der Waals surface area contributed by atoms with Crippen LogP contribution in [0.25, 0.3) is 78.3 Å². The number of pyridine rings is 3. The molecule has 0 unspecified atom stereocenters. The summed E-state index contributed by atoms with van der Waals surface area (Å²) in [6.45, 7) is 21.9. The standard InChI is InChI=1S/C26H21N.2C23H24N.Ir/c1-3-20-9-7-8-12-24(20)22-13-15-23(16-14-22)26-17-19(2)25(18-27-26)21-10-5-4-6-11-21;2*1-5-17-8-6-7-9-21(17)18-10-12-19(13-11-18)22-16-20(14-15-24-22)23(2,3)4;/h3-15,17-18H,1-2H3;2*6-12,14-16H,5H2,1-4H3;/q-2;2*-1;. The van der Waals surface area contributed by atoms with Gasteiger partial charge in [-0.15, -0.1) is 95.6 Å². The van der Waals surface area contributed by atoms with E-state index in [4.69, 9.17) is 0 Å². The summed E-state index contributed by atoms with van der Waals surface area (Å²) >= 11 is 0. The Labute approximate surface area is 468 Å². The number of nitrogens with zero attached hydrogens (tertiary/aromatic N) is 3. The van der Waals surface area contributed by atoms with Crippen LogP contribution in [0.15, 0.2) is 207 Å². The van der Waals surface area contributed by atoms with Gasteiger partial charge in [0.1, 0.15) is 0 Å². The summed E-state index contributed by atoms with van der Waals surface area (Å²) < 4.78 is 0. The summed E-state index contributed by atoms with van der Waals surface area (Å²) in [4.78, 5) is 13.7. The summed E-state index contributed by atoms with van der Waals surface area (Å²) in [5.41, 5.74) is 23.8. The molecule has 0 fully saturated rings. The van der Waals surface area contributed by atoms with Crippen LogP contribution in [0.4, 0.5) is 0 Å². The molecule has 76 heavy (non-hydrogen) atoms. The van der Waals surface area contributed by atoms with Gasteiger partial charge in [-0.25, -0.2) is 0 Å². The van der Waals surface area contributed by atoms with Crippen molar-refractivity contribution in [3.8, 4) is 78.3 Å². The second kappa shape index (κ2) is 25.8. The van der Waals surface area contributed by atoms with Gasteiger partial charge in [0, 0.05) is 44.3 Å². The van der Waals surface area contributed by atoms with Gasteiger partial charge in [-0.1, -0.05) is 188 Å². The first-order valence-electron chi connectivity index (χ1n) is 26.3. The molecular weight excluding hydrogens is 1100 g/mol. The number of aromatic nitrogens is 3. The van der Waals surface area contributed by atoms with Gasteiger partial charge < -0.3 is 15.0 Å². The maximum absolute atomic E-state index is 4.68. The molecule has 4 heteroatoms. The van der Waals surface area contributed by atoms with E-state index in [0.29, 0.717) is 0 Å². The van der Waals surface area contributed by atoms with Gasteiger partial charge >= 0.3 is 0 Å². The van der Waals surface area contributed by atoms with E-state index in [9.17, 15) is 0 Å². The summed E-state index contributed by atoms with van der Waals surface area (Å²) in [6.07, 6.45) is 9.95. The Kier molecular flexibility index (Phi) is 19.1. The smallest absolute Gasteiger partial charge is 0.0242 e. The molecule has 0 aliphatic heterocycles. The predicted molar refractivity (Wildman–Crippen MR) is 317 cm³/mol. The second-order valence-electron chi connectivity index (χ2n) is 21.0. The summed E-state index contributed by atoms with van der Waals surface area (Å²) in [6, 6.07) is 75.9. The van der Waals surface area contributed by atoms with Crippen LogP contribution in [0.3, 0.4) is 0 Å². The molecule has 0 amide bonds. The fourth-order valence-electron chi connectivity index (χ4n) is 9.20. The first-order chi connectivity index (χ1) is 36.2. The number of hydrogen-bond donors (Lipinski definition) is 0. The Balaban J connectivity index is 0.000000165. The Morgan fingerprint density at radius 1 is 0.421 bits per heavy atom. The van der Waals surface area contributed by atoms with Gasteiger partial charge in [0.15, 0.2) is 0 Å². The van der Waals surface area contributed by atoms with Crippen LogP contribution in [0, 0.1) is 31.5 Å². The van der Waals surface area contributed by atoms with Gasteiger partial charge in [0.2, 0.25) is 0 Å². The fraction of sp³-hybridized carbons (Fsp3) is 0.194. The Morgan fingerprint density at radius 3 is 1.24 bits per heavy atom. The van der Waals surface area contributed by atoms with E-state index in [0.717, 1.165) is 46.6 Å². The fourth-order valence-corrected chi connectivity index (χ4v) is 9.20. The van der Waals surface area contributed by atoms with Crippen LogP contribution >= 0.6 is 0 Å². The van der Waals surface area contributed by atoms with Crippen LogP contribution in [0.2, 0.25) is 0 Å². The van der Waals surface area contributed by atoms with Gasteiger partial charge in [0.05, 0.1) is 0 Å². The quantitative estimate of drug-likeness (QED) is 0.128. The minimum Gasteiger partial charge on any atom is -0.305 e. The van der Waals surface area contributed by atoms with Crippen molar-refractivity contribution in [1.29, 1.82) is 0 Å². The normalized spacial score (nSPS) is 11.0. The molecule has 3 nitrogen and oxygen atoms in total. The molecule has 7 aromatic carbocycles. The number of benzene rings is 7. The Morgan fingerprint density at radius 2 is 0.829 bits per heavy atom. The van der Waals surface area contributed by atoms with Crippen LogP contribution in [-0.2, 0) is 43.8 Å². The predicted octanol–water partition coefficient (Wildman–Crippen LogP) is 18.9. The van der Waals surface area contributed by atoms with Gasteiger partial charge in [0.25, 0.3) is 0 Å². The van der Waals surface area contributed by atoms with Crippen LogP contribution in [0.1, 0.15) is 95.7 Å². The maximum Gasteiger partial charge on any atom is 0.0242 e. The minimum absolute atomic E-state index is 0. The molecule has 0 atom stereocenters. The van der Waals surface area contributed by atoms with Crippen LogP contribution in [0.5, 0.6) is 0 Å². The van der Waals surface area contributed by atoms with E-state index < -0.39 is 0 Å². The molecule has 0 spiro atoms. The average Bonchev–Trinajstić information content (AvgIpc) is 3.45. The zero-order chi connectivity index (χ0) is 53.0. The number of hydrogen-bond acceptors (Lipinski definition) is 3. The van der Waals surface area contributed by atoms with Crippen molar-refractivity contribution in [2.45, 2.75) is 92.9 Å². The van der Waals surface area contributed by atoms with Crippen molar-refractivity contribution < 1.29 is 20.1 Å². The molecule has 3 aromatic heterocycles. The zero-order valence-electron chi connectivity index (χ0n) is 45.8. The topological polar surface area (TPSA) is 38.7 Å². The zero-order valence-corrected chi connectivity index (χ0v) is 48.2. The van der Waals surface area contributed by atoms with Crippen LogP contribution in [-0.4, -0.2) is 15.0 Å². The second-order valence-corrected chi connectivity index (χ2v) is 21.0. The molecule has 385 valence electrons. The van der Waals surface area contributed by atoms with Crippen molar-refractivity contribution in [2.75, 3.05) is 0 Å². The number of aryl methyl sites for hydroxylation is 3. The molecule has 0 aliphatic carbocycles. The molecule has 0 saturated carbocycles. The van der Waals surface area contributed by atoms with Crippen molar-refractivity contribution >= 4 is 0 Å².